The summed E-state index contributed by atoms with van der Waals surface area (Å²) in [6.45, 7) is 0.520. The number of urea groups is 1. The highest BCUT2D eigenvalue weighted by Crippen LogP contribution is 2.28. The molecule has 0 aliphatic heterocycles. The summed E-state index contributed by atoms with van der Waals surface area (Å²) in [5.41, 5.74) is 4.61. The number of rotatable bonds is 4. The number of fused-ring (bicyclic) bond motifs is 1. The Morgan fingerprint density at radius 2 is 2.08 bits per heavy atom. The molecule has 1 aromatic heterocycles. The maximum Gasteiger partial charge on any atom is 0.315 e. The zero-order valence-electron chi connectivity index (χ0n) is 14.5. The first-order valence-corrected chi connectivity index (χ1v) is 8.36. The molecule has 3 rings (SSSR count). The first-order valence-electron chi connectivity index (χ1n) is 8.36. The number of nitrogens with zero attached hydrogens (tertiary/aromatic N) is 3. The molecule has 0 saturated heterocycles. The van der Waals surface area contributed by atoms with E-state index in [0.717, 1.165) is 36.1 Å². The monoisotopic (exact) mass is 327 g/mol. The lowest BCUT2D eigenvalue weighted by atomic mass is 9.93. The molecule has 1 aliphatic rings. The Hall–Kier alpha value is -2.50. The van der Waals surface area contributed by atoms with Gasteiger partial charge in [-0.1, -0.05) is 12.1 Å². The topological polar surface area (TPSA) is 62.2 Å². The van der Waals surface area contributed by atoms with E-state index in [1.807, 2.05) is 44.2 Å². The number of carbonyl (C=O) groups excluding carboxylic acids is 1. The molecule has 1 aromatic carbocycles. The molecule has 6 nitrogen and oxygen atoms in total. The van der Waals surface area contributed by atoms with Crippen molar-refractivity contribution in [1.29, 1.82) is 0 Å². The lowest BCUT2D eigenvalue weighted by molar-refractivity contribution is 0.235. The smallest absolute Gasteiger partial charge is 0.315 e. The number of amides is 2. The fraction of sp³-hybridized carbons (Fsp3) is 0.444. The number of aromatic nitrogens is 2. The van der Waals surface area contributed by atoms with Gasteiger partial charge in [-0.05, 0) is 37.0 Å². The Morgan fingerprint density at radius 3 is 2.79 bits per heavy atom. The Kier molecular flexibility index (Phi) is 4.74. The number of aryl methyl sites for hydroxylation is 1. The number of nitrogens with one attached hydrogen (secondary N) is 2. The maximum absolute atomic E-state index is 12.2. The molecule has 1 atom stereocenters. The van der Waals surface area contributed by atoms with Crippen molar-refractivity contribution in [3.8, 4) is 0 Å². The van der Waals surface area contributed by atoms with Gasteiger partial charge in [-0.2, -0.15) is 5.10 Å². The van der Waals surface area contributed by atoms with Crippen molar-refractivity contribution in [1.82, 2.24) is 20.4 Å². The maximum atomic E-state index is 12.2. The third-order valence-corrected chi connectivity index (χ3v) is 4.59. The van der Waals surface area contributed by atoms with Crippen molar-refractivity contribution < 1.29 is 4.79 Å². The second-order valence-corrected chi connectivity index (χ2v) is 6.50. The van der Waals surface area contributed by atoms with Crippen molar-refractivity contribution in [2.75, 3.05) is 19.0 Å². The molecular formula is C18H25N5O. The van der Waals surface area contributed by atoms with Crippen molar-refractivity contribution in [2.45, 2.75) is 31.8 Å². The molecule has 128 valence electrons. The first-order chi connectivity index (χ1) is 11.5. The Morgan fingerprint density at radius 1 is 1.33 bits per heavy atom. The number of anilines is 1. The minimum absolute atomic E-state index is 0.0542. The third kappa shape index (κ3) is 3.53. The number of carbonyl (C=O) groups is 1. The molecular weight excluding hydrogens is 302 g/mol. The molecule has 1 heterocycles. The fourth-order valence-corrected chi connectivity index (χ4v) is 3.16. The molecule has 0 radical (unpaired) electrons. The molecule has 2 amide bonds. The van der Waals surface area contributed by atoms with Gasteiger partial charge in [0, 0.05) is 44.6 Å². The fourth-order valence-electron chi connectivity index (χ4n) is 3.16. The van der Waals surface area contributed by atoms with Crippen LogP contribution in [-0.4, -0.2) is 29.9 Å². The van der Waals surface area contributed by atoms with Gasteiger partial charge in [0.2, 0.25) is 0 Å². The highest BCUT2D eigenvalue weighted by Gasteiger charge is 2.24. The molecule has 0 saturated carbocycles. The van der Waals surface area contributed by atoms with Gasteiger partial charge < -0.3 is 15.5 Å². The molecule has 0 spiro atoms. The van der Waals surface area contributed by atoms with Crippen LogP contribution in [0.4, 0.5) is 10.5 Å². The number of benzene rings is 1. The predicted octanol–water partition coefficient (Wildman–Crippen LogP) is 2.36. The van der Waals surface area contributed by atoms with Gasteiger partial charge >= 0.3 is 6.03 Å². The largest absolute Gasteiger partial charge is 0.378 e. The van der Waals surface area contributed by atoms with E-state index in [1.54, 1.807) is 0 Å². The highest BCUT2D eigenvalue weighted by molar-refractivity contribution is 5.74. The van der Waals surface area contributed by atoms with Gasteiger partial charge in [0.25, 0.3) is 0 Å². The van der Waals surface area contributed by atoms with Gasteiger partial charge in [-0.15, -0.1) is 0 Å². The van der Waals surface area contributed by atoms with Crippen molar-refractivity contribution >= 4 is 11.7 Å². The van der Waals surface area contributed by atoms with Crippen LogP contribution >= 0.6 is 0 Å². The summed E-state index contributed by atoms with van der Waals surface area (Å²) < 4.78 is 1.91. The SMILES string of the molecule is CN(C)c1ccc(CNC(=O)N[C@@H]2CCCc3c2cnn3C)cc1. The van der Waals surface area contributed by atoms with E-state index < -0.39 is 0 Å². The van der Waals surface area contributed by atoms with E-state index in [-0.39, 0.29) is 12.1 Å². The summed E-state index contributed by atoms with van der Waals surface area (Å²) in [5, 5.41) is 10.3. The van der Waals surface area contributed by atoms with Crippen LogP contribution in [0.15, 0.2) is 30.5 Å². The van der Waals surface area contributed by atoms with Crippen LogP contribution in [0.1, 0.15) is 35.7 Å². The summed E-state index contributed by atoms with van der Waals surface area (Å²) in [6, 6.07) is 8.10. The van der Waals surface area contributed by atoms with E-state index in [4.69, 9.17) is 0 Å². The van der Waals surface area contributed by atoms with Crippen molar-refractivity contribution in [3.63, 3.8) is 0 Å². The quantitative estimate of drug-likeness (QED) is 0.906. The second kappa shape index (κ2) is 6.95. The van der Waals surface area contributed by atoms with Crippen LogP contribution in [-0.2, 0) is 20.0 Å². The van der Waals surface area contributed by atoms with Crippen LogP contribution < -0.4 is 15.5 Å². The third-order valence-electron chi connectivity index (χ3n) is 4.59. The van der Waals surface area contributed by atoms with Gasteiger partial charge in [-0.25, -0.2) is 4.79 Å². The zero-order valence-corrected chi connectivity index (χ0v) is 14.5. The van der Waals surface area contributed by atoms with Crippen LogP contribution in [0, 0.1) is 0 Å². The lowest BCUT2D eigenvalue weighted by Crippen LogP contribution is -2.38. The summed E-state index contributed by atoms with van der Waals surface area (Å²) >= 11 is 0. The summed E-state index contributed by atoms with van der Waals surface area (Å²) in [4.78, 5) is 14.3. The molecule has 0 fully saturated rings. The van der Waals surface area contributed by atoms with E-state index in [0.29, 0.717) is 6.54 Å². The second-order valence-electron chi connectivity index (χ2n) is 6.50. The van der Waals surface area contributed by atoms with Crippen LogP contribution in [0.2, 0.25) is 0 Å². The summed E-state index contributed by atoms with van der Waals surface area (Å²) in [7, 11) is 5.98. The summed E-state index contributed by atoms with van der Waals surface area (Å²) in [6.07, 6.45) is 4.94. The normalized spacial score (nSPS) is 16.4. The van der Waals surface area contributed by atoms with Crippen LogP contribution in [0.3, 0.4) is 0 Å². The molecule has 1 aliphatic carbocycles. The van der Waals surface area contributed by atoms with Gasteiger partial charge in [-0.3, -0.25) is 4.68 Å². The zero-order chi connectivity index (χ0) is 17.1. The average Bonchev–Trinajstić information content (AvgIpc) is 2.96. The van der Waals surface area contributed by atoms with Crippen LogP contribution in [0.25, 0.3) is 0 Å². The van der Waals surface area contributed by atoms with Gasteiger partial charge in [0.05, 0.1) is 12.2 Å². The molecule has 2 N–H and O–H groups in total. The lowest BCUT2D eigenvalue weighted by Gasteiger charge is -2.24. The first kappa shape index (κ1) is 16.4. The predicted molar refractivity (Wildman–Crippen MR) is 95.0 cm³/mol. The summed E-state index contributed by atoms with van der Waals surface area (Å²) in [5.74, 6) is 0. The Balaban J connectivity index is 1.55. The highest BCUT2D eigenvalue weighted by atomic mass is 16.2. The molecule has 24 heavy (non-hydrogen) atoms. The minimum Gasteiger partial charge on any atom is -0.378 e. The minimum atomic E-state index is -0.131. The van der Waals surface area contributed by atoms with E-state index in [1.165, 1.54) is 5.69 Å². The van der Waals surface area contributed by atoms with Gasteiger partial charge in [0.15, 0.2) is 0 Å². The van der Waals surface area contributed by atoms with E-state index >= 15 is 0 Å². The molecule has 2 aromatic rings. The van der Waals surface area contributed by atoms with Crippen LogP contribution in [0.5, 0.6) is 0 Å². The van der Waals surface area contributed by atoms with Crippen molar-refractivity contribution in [2.24, 2.45) is 7.05 Å². The van der Waals surface area contributed by atoms with E-state index in [9.17, 15) is 4.79 Å². The molecule has 0 unspecified atom stereocenters. The van der Waals surface area contributed by atoms with Crippen molar-refractivity contribution in [3.05, 3.63) is 47.3 Å². The average molecular weight is 327 g/mol. The standard InChI is InChI=1S/C18H25N5O/c1-22(2)14-9-7-13(8-10-14)11-19-18(24)21-16-5-4-6-17-15(16)12-20-23(17)3/h7-10,12,16H,4-6,11H2,1-3H3,(H2,19,21,24)/t16-/m1/s1. The Labute approximate surface area is 142 Å². The number of hydrogen-bond acceptors (Lipinski definition) is 3. The van der Waals surface area contributed by atoms with Gasteiger partial charge in [0.1, 0.15) is 0 Å². The number of hydrogen-bond donors (Lipinski definition) is 2. The molecule has 6 heteroatoms. The Bertz CT molecular complexity index is 705. The molecule has 0 bridgehead atoms. The van der Waals surface area contributed by atoms with E-state index in [2.05, 4.69) is 32.8 Å².